The summed E-state index contributed by atoms with van der Waals surface area (Å²) >= 11 is 9.32. The van der Waals surface area contributed by atoms with Gasteiger partial charge in [0.2, 0.25) is 0 Å². The van der Waals surface area contributed by atoms with Gasteiger partial charge < -0.3 is 4.90 Å². The van der Waals surface area contributed by atoms with Crippen LogP contribution in [0.2, 0.25) is 0 Å². The van der Waals surface area contributed by atoms with Crippen LogP contribution in [0.25, 0.3) is 0 Å². The number of pyridine rings is 1. The average molecular weight is 292 g/mol. The maximum absolute atomic E-state index is 5.90. The molecule has 0 aromatic carbocycles. The normalized spacial score (nSPS) is 13.1. The van der Waals surface area contributed by atoms with Crippen molar-refractivity contribution in [1.82, 2.24) is 9.88 Å². The molecule has 0 aliphatic rings. The molecule has 15 heavy (non-hydrogen) atoms. The van der Waals surface area contributed by atoms with E-state index in [-0.39, 0.29) is 5.38 Å². The molecule has 0 saturated heterocycles. The maximum atomic E-state index is 5.90. The molecule has 0 N–H and O–H groups in total. The molecule has 0 spiro atoms. The van der Waals surface area contributed by atoms with Crippen molar-refractivity contribution in [2.45, 2.75) is 25.3 Å². The highest BCUT2D eigenvalue weighted by atomic mass is 79.9. The van der Waals surface area contributed by atoms with Gasteiger partial charge in [-0.3, -0.25) is 4.98 Å². The summed E-state index contributed by atoms with van der Waals surface area (Å²) in [5, 5.41) is 0.244. The number of alkyl halides is 1. The lowest BCUT2D eigenvalue weighted by atomic mass is 10.2. The Labute approximate surface area is 105 Å². The van der Waals surface area contributed by atoms with E-state index in [0.717, 1.165) is 24.0 Å². The van der Waals surface area contributed by atoms with E-state index in [1.807, 2.05) is 13.1 Å². The molecule has 1 heterocycles. The molecule has 0 aliphatic heterocycles. The van der Waals surface area contributed by atoms with Crippen molar-refractivity contribution >= 4 is 27.5 Å². The standard InChI is InChI=1S/C11H16BrClN2/c1-9(13)3-4-15(2)8-10-5-11(12)7-14-6-10/h5-7,9H,3-4,8H2,1-2H3. The van der Waals surface area contributed by atoms with E-state index in [0.29, 0.717) is 0 Å². The molecule has 2 nitrogen and oxygen atoms in total. The zero-order chi connectivity index (χ0) is 11.3. The number of halogens is 2. The Morgan fingerprint density at radius 3 is 2.87 bits per heavy atom. The second-order valence-electron chi connectivity index (χ2n) is 3.82. The van der Waals surface area contributed by atoms with Gasteiger partial charge in [0.25, 0.3) is 0 Å². The van der Waals surface area contributed by atoms with Gasteiger partial charge >= 0.3 is 0 Å². The molecule has 0 bridgehead atoms. The highest BCUT2D eigenvalue weighted by Crippen LogP contribution is 2.11. The molecule has 1 atom stereocenters. The first-order chi connectivity index (χ1) is 7.08. The Morgan fingerprint density at radius 2 is 2.27 bits per heavy atom. The van der Waals surface area contributed by atoms with Crippen molar-refractivity contribution in [2.75, 3.05) is 13.6 Å². The van der Waals surface area contributed by atoms with Crippen LogP contribution in [-0.2, 0) is 6.54 Å². The lowest BCUT2D eigenvalue weighted by molar-refractivity contribution is 0.321. The average Bonchev–Trinajstić information content (AvgIpc) is 2.15. The summed E-state index contributed by atoms with van der Waals surface area (Å²) < 4.78 is 1.03. The lowest BCUT2D eigenvalue weighted by Crippen LogP contribution is -2.20. The van der Waals surface area contributed by atoms with Gasteiger partial charge in [-0.2, -0.15) is 0 Å². The van der Waals surface area contributed by atoms with E-state index in [1.54, 1.807) is 6.20 Å². The van der Waals surface area contributed by atoms with Crippen molar-refractivity contribution in [3.8, 4) is 0 Å². The molecule has 84 valence electrons. The topological polar surface area (TPSA) is 16.1 Å². The van der Waals surface area contributed by atoms with Gasteiger partial charge in [0, 0.05) is 28.8 Å². The van der Waals surface area contributed by atoms with Gasteiger partial charge in [-0.1, -0.05) is 0 Å². The molecule has 0 saturated carbocycles. The Balaban J connectivity index is 2.40. The fourth-order valence-electron chi connectivity index (χ4n) is 1.33. The number of hydrogen-bond acceptors (Lipinski definition) is 2. The van der Waals surface area contributed by atoms with Gasteiger partial charge in [0.1, 0.15) is 0 Å². The van der Waals surface area contributed by atoms with Crippen molar-refractivity contribution < 1.29 is 0 Å². The second kappa shape index (κ2) is 6.46. The minimum absolute atomic E-state index is 0.244. The van der Waals surface area contributed by atoms with E-state index < -0.39 is 0 Å². The summed E-state index contributed by atoms with van der Waals surface area (Å²) in [5.41, 5.74) is 1.22. The van der Waals surface area contributed by atoms with Crippen molar-refractivity contribution in [1.29, 1.82) is 0 Å². The summed E-state index contributed by atoms with van der Waals surface area (Å²) in [6.45, 7) is 3.95. The zero-order valence-corrected chi connectivity index (χ0v) is 11.4. The van der Waals surface area contributed by atoms with Gasteiger partial charge in [0.05, 0.1) is 0 Å². The van der Waals surface area contributed by atoms with Crippen LogP contribution in [0.4, 0.5) is 0 Å². The van der Waals surface area contributed by atoms with Gasteiger partial charge in [-0.25, -0.2) is 0 Å². The third-order valence-electron chi connectivity index (χ3n) is 2.12. The van der Waals surface area contributed by atoms with E-state index in [2.05, 4.69) is 38.9 Å². The van der Waals surface area contributed by atoms with Crippen molar-refractivity contribution in [2.24, 2.45) is 0 Å². The van der Waals surface area contributed by atoms with Crippen LogP contribution < -0.4 is 0 Å². The smallest absolute Gasteiger partial charge is 0.0410 e. The SMILES string of the molecule is CC(Cl)CCN(C)Cc1cncc(Br)c1. The molecular weight excluding hydrogens is 275 g/mol. The highest BCUT2D eigenvalue weighted by molar-refractivity contribution is 9.10. The van der Waals surface area contributed by atoms with Crippen LogP contribution in [-0.4, -0.2) is 28.9 Å². The third-order valence-corrected chi connectivity index (χ3v) is 2.77. The first-order valence-electron chi connectivity index (χ1n) is 5.00. The first kappa shape index (κ1) is 12.9. The lowest BCUT2D eigenvalue weighted by Gasteiger charge is -2.17. The van der Waals surface area contributed by atoms with E-state index >= 15 is 0 Å². The summed E-state index contributed by atoms with van der Waals surface area (Å²) in [7, 11) is 2.10. The van der Waals surface area contributed by atoms with Crippen LogP contribution in [0.15, 0.2) is 22.9 Å². The summed E-state index contributed by atoms with van der Waals surface area (Å²) in [5.74, 6) is 0. The molecule has 0 aliphatic carbocycles. The summed E-state index contributed by atoms with van der Waals surface area (Å²) in [6.07, 6.45) is 4.70. The van der Waals surface area contributed by atoms with E-state index in [4.69, 9.17) is 11.6 Å². The predicted octanol–water partition coefficient (Wildman–Crippen LogP) is 3.29. The monoisotopic (exact) mass is 290 g/mol. The Hall–Kier alpha value is -0.120. The van der Waals surface area contributed by atoms with Gasteiger partial charge in [-0.15, -0.1) is 11.6 Å². The first-order valence-corrected chi connectivity index (χ1v) is 6.23. The molecule has 0 amide bonds. The Bertz CT molecular complexity index is 304. The van der Waals surface area contributed by atoms with E-state index in [1.165, 1.54) is 5.56 Å². The Morgan fingerprint density at radius 1 is 1.53 bits per heavy atom. The van der Waals surface area contributed by atoms with Crippen LogP contribution in [0.5, 0.6) is 0 Å². The van der Waals surface area contributed by atoms with Crippen LogP contribution in [0.3, 0.4) is 0 Å². The number of aromatic nitrogens is 1. The predicted molar refractivity (Wildman–Crippen MR) is 68.2 cm³/mol. The largest absolute Gasteiger partial charge is 0.302 e. The molecular formula is C11H16BrClN2. The maximum Gasteiger partial charge on any atom is 0.0410 e. The number of nitrogens with zero attached hydrogens (tertiary/aromatic N) is 2. The molecule has 1 unspecified atom stereocenters. The molecule has 4 heteroatoms. The molecule has 1 rings (SSSR count). The van der Waals surface area contributed by atoms with Gasteiger partial charge in [-0.05, 0) is 54.5 Å². The molecule has 1 aromatic heterocycles. The fraction of sp³-hybridized carbons (Fsp3) is 0.545. The number of rotatable bonds is 5. The van der Waals surface area contributed by atoms with Crippen molar-refractivity contribution in [3.63, 3.8) is 0 Å². The van der Waals surface area contributed by atoms with E-state index in [9.17, 15) is 0 Å². The zero-order valence-electron chi connectivity index (χ0n) is 9.08. The third kappa shape index (κ3) is 5.50. The van der Waals surface area contributed by atoms with Gasteiger partial charge in [0.15, 0.2) is 0 Å². The minimum Gasteiger partial charge on any atom is -0.302 e. The van der Waals surface area contributed by atoms with Crippen LogP contribution in [0.1, 0.15) is 18.9 Å². The molecule has 0 radical (unpaired) electrons. The summed E-state index contributed by atoms with van der Waals surface area (Å²) in [6, 6.07) is 2.09. The highest BCUT2D eigenvalue weighted by Gasteiger charge is 2.03. The number of hydrogen-bond donors (Lipinski definition) is 0. The van der Waals surface area contributed by atoms with Crippen molar-refractivity contribution in [3.05, 3.63) is 28.5 Å². The van der Waals surface area contributed by atoms with Crippen LogP contribution >= 0.6 is 27.5 Å². The summed E-state index contributed by atoms with van der Waals surface area (Å²) in [4.78, 5) is 6.39. The quantitative estimate of drug-likeness (QED) is 0.774. The Kier molecular flexibility index (Phi) is 5.58. The molecule has 0 fully saturated rings. The minimum atomic E-state index is 0.244. The van der Waals surface area contributed by atoms with Crippen LogP contribution in [0, 0.1) is 0 Å². The second-order valence-corrected chi connectivity index (χ2v) is 5.48. The molecule has 1 aromatic rings. The fourth-order valence-corrected chi connectivity index (χ4v) is 1.84.